The number of hydrogen-bond donors (Lipinski definition) is 2. The predicted molar refractivity (Wildman–Crippen MR) is 68.1 cm³/mol. The molecule has 1 aromatic carbocycles. The van der Waals surface area contributed by atoms with Gasteiger partial charge in [0.1, 0.15) is 0 Å². The first-order valence-corrected chi connectivity index (χ1v) is 6.16. The number of amides is 1. The summed E-state index contributed by atoms with van der Waals surface area (Å²) in [4.78, 5) is 12.2. The minimum Gasteiger partial charge on any atom is -0.394 e. The van der Waals surface area contributed by atoms with Crippen LogP contribution in [-0.4, -0.2) is 29.8 Å². The molecule has 0 aliphatic carbocycles. The van der Waals surface area contributed by atoms with Crippen LogP contribution in [0.3, 0.4) is 0 Å². The molecule has 98 valence electrons. The molecule has 1 aliphatic rings. The Kier molecular flexibility index (Phi) is 3.68. The van der Waals surface area contributed by atoms with Crippen molar-refractivity contribution >= 4 is 5.91 Å². The molecule has 0 radical (unpaired) electrons. The van der Waals surface area contributed by atoms with Crippen molar-refractivity contribution in [3.8, 4) is 0 Å². The van der Waals surface area contributed by atoms with Gasteiger partial charge in [-0.25, -0.2) is 0 Å². The van der Waals surface area contributed by atoms with Crippen LogP contribution in [0.4, 0.5) is 0 Å². The lowest BCUT2D eigenvalue weighted by Crippen LogP contribution is -2.49. The Bertz CT molecular complexity index is 442. The molecule has 1 amide bonds. The number of rotatable bonds is 3. The lowest BCUT2D eigenvalue weighted by molar-refractivity contribution is -0.136. The fourth-order valence-electron chi connectivity index (χ4n) is 2.05. The van der Waals surface area contributed by atoms with Crippen molar-refractivity contribution in [2.24, 2.45) is 0 Å². The highest BCUT2D eigenvalue weighted by atomic mass is 16.5. The molecule has 0 bridgehead atoms. The van der Waals surface area contributed by atoms with E-state index in [0.29, 0.717) is 6.61 Å². The molecule has 2 rings (SSSR count). The molecule has 0 saturated heterocycles. The molecule has 4 nitrogen and oxygen atoms in total. The van der Waals surface area contributed by atoms with Gasteiger partial charge in [-0.15, -0.1) is 0 Å². The summed E-state index contributed by atoms with van der Waals surface area (Å²) in [5.74, 6) is -0.193. The van der Waals surface area contributed by atoms with Crippen molar-refractivity contribution < 1.29 is 14.6 Å². The maximum absolute atomic E-state index is 12.2. The van der Waals surface area contributed by atoms with Gasteiger partial charge in [0.2, 0.25) is 0 Å². The summed E-state index contributed by atoms with van der Waals surface area (Å²) in [6, 6.07) is 7.82. The summed E-state index contributed by atoms with van der Waals surface area (Å²) in [5, 5.41) is 12.0. The molecule has 1 aromatic rings. The van der Waals surface area contributed by atoms with Gasteiger partial charge >= 0.3 is 0 Å². The van der Waals surface area contributed by atoms with Crippen LogP contribution in [0.15, 0.2) is 24.3 Å². The Morgan fingerprint density at radius 2 is 2.22 bits per heavy atom. The molecule has 18 heavy (non-hydrogen) atoms. The van der Waals surface area contributed by atoms with Crippen LogP contribution >= 0.6 is 0 Å². The number of carbonyl (C=O) groups excluding carboxylic acids is 1. The fourth-order valence-corrected chi connectivity index (χ4v) is 2.05. The first kappa shape index (κ1) is 13.1. The monoisotopic (exact) mass is 249 g/mol. The highest BCUT2D eigenvalue weighted by Gasteiger charge is 2.30. The van der Waals surface area contributed by atoms with Crippen molar-refractivity contribution in [2.75, 3.05) is 13.2 Å². The van der Waals surface area contributed by atoms with Gasteiger partial charge < -0.3 is 15.2 Å². The maximum Gasteiger partial charge on any atom is 0.254 e. The van der Waals surface area contributed by atoms with Crippen molar-refractivity contribution in [2.45, 2.75) is 31.9 Å². The zero-order valence-electron chi connectivity index (χ0n) is 10.8. The Morgan fingerprint density at radius 1 is 1.50 bits per heavy atom. The molecule has 1 atom stereocenters. The largest absolute Gasteiger partial charge is 0.394 e. The molecule has 0 saturated carbocycles. The normalized spacial score (nSPS) is 19.2. The number of carbonyl (C=O) groups is 1. The van der Waals surface area contributed by atoms with E-state index in [1.807, 2.05) is 24.3 Å². The van der Waals surface area contributed by atoms with Crippen LogP contribution in [0.2, 0.25) is 0 Å². The summed E-state index contributed by atoms with van der Waals surface area (Å²) < 4.78 is 5.56. The van der Waals surface area contributed by atoms with Gasteiger partial charge in [0.15, 0.2) is 6.10 Å². The van der Waals surface area contributed by atoms with Gasteiger partial charge in [0, 0.05) is 0 Å². The summed E-state index contributed by atoms with van der Waals surface area (Å²) in [7, 11) is 0. The van der Waals surface area contributed by atoms with E-state index in [4.69, 9.17) is 4.74 Å². The Labute approximate surface area is 107 Å². The highest BCUT2D eigenvalue weighted by Crippen LogP contribution is 2.27. The number of hydrogen-bond acceptors (Lipinski definition) is 3. The van der Waals surface area contributed by atoms with E-state index in [1.54, 1.807) is 13.8 Å². The quantitative estimate of drug-likeness (QED) is 0.846. The van der Waals surface area contributed by atoms with Crippen LogP contribution in [-0.2, 0) is 16.0 Å². The number of fused-ring (bicyclic) bond motifs is 1. The molecule has 1 heterocycles. The van der Waals surface area contributed by atoms with Crippen molar-refractivity contribution in [3.05, 3.63) is 35.4 Å². The average molecular weight is 249 g/mol. The minimum atomic E-state index is -0.632. The van der Waals surface area contributed by atoms with E-state index in [-0.39, 0.29) is 12.5 Å². The second kappa shape index (κ2) is 5.08. The van der Waals surface area contributed by atoms with Gasteiger partial charge in [0.25, 0.3) is 5.91 Å². The molecule has 0 spiro atoms. The van der Waals surface area contributed by atoms with E-state index < -0.39 is 11.6 Å². The van der Waals surface area contributed by atoms with Gasteiger partial charge in [-0.05, 0) is 31.4 Å². The molecule has 1 aliphatic heterocycles. The topological polar surface area (TPSA) is 58.6 Å². The van der Waals surface area contributed by atoms with Crippen LogP contribution in [0.1, 0.15) is 31.1 Å². The zero-order valence-corrected chi connectivity index (χ0v) is 10.8. The lowest BCUT2D eigenvalue weighted by Gasteiger charge is -2.30. The van der Waals surface area contributed by atoms with Crippen LogP contribution in [0.25, 0.3) is 0 Å². The van der Waals surface area contributed by atoms with Gasteiger partial charge in [0.05, 0.1) is 18.8 Å². The van der Waals surface area contributed by atoms with E-state index in [9.17, 15) is 9.90 Å². The summed E-state index contributed by atoms with van der Waals surface area (Å²) in [5.41, 5.74) is 1.45. The van der Waals surface area contributed by atoms with Crippen LogP contribution < -0.4 is 5.32 Å². The molecular formula is C14H19NO3. The summed E-state index contributed by atoms with van der Waals surface area (Å²) in [6.45, 7) is 4.00. The summed E-state index contributed by atoms with van der Waals surface area (Å²) in [6.07, 6.45) is 0.268. The molecular weight excluding hydrogens is 230 g/mol. The zero-order chi connectivity index (χ0) is 13.2. The Balaban J connectivity index is 2.18. The van der Waals surface area contributed by atoms with E-state index in [2.05, 4.69) is 5.32 Å². The molecule has 1 unspecified atom stereocenters. The van der Waals surface area contributed by atoms with E-state index in [0.717, 1.165) is 17.5 Å². The minimum absolute atomic E-state index is 0.104. The van der Waals surface area contributed by atoms with Crippen LogP contribution in [0.5, 0.6) is 0 Å². The lowest BCUT2D eigenvalue weighted by atomic mass is 9.96. The standard InChI is InChI=1S/C14H19NO3/c1-14(2,9-16)15-13(17)12-11-6-4-3-5-10(11)7-8-18-12/h3-6,12,16H,7-9H2,1-2H3,(H,15,17). The SMILES string of the molecule is CC(C)(CO)NC(=O)C1OCCc2ccccc21. The number of benzene rings is 1. The van der Waals surface area contributed by atoms with Crippen LogP contribution in [0, 0.1) is 0 Å². The van der Waals surface area contributed by atoms with Gasteiger partial charge in [-0.1, -0.05) is 24.3 Å². The van der Waals surface area contributed by atoms with Crippen molar-refractivity contribution in [1.82, 2.24) is 5.32 Å². The second-order valence-corrected chi connectivity index (χ2v) is 5.23. The number of nitrogens with one attached hydrogen (secondary N) is 1. The molecule has 0 aromatic heterocycles. The Hall–Kier alpha value is -1.39. The smallest absolute Gasteiger partial charge is 0.254 e. The molecule has 2 N–H and O–H groups in total. The third kappa shape index (κ3) is 2.71. The predicted octanol–water partition coefficient (Wildman–Crippen LogP) is 1.19. The Morgan fingerprint density at radius 3 is 2.94 bits per heavy atom. The first-order valence-electron chi connectivity index (χ1n) is 6.16. The van der Waals surface area contributed by atoms with E-state index in [1.165, 1.54) is 0 Å². The molecule has 4 heteroatoms. The molecule has 0 fully saturated rings. The van der Waals surface area contributed by atoms with Crippen molar-refractivity contribution in [1.29, 1.82) is 0 Å². The third-order valence-electron chi connectivity index (χ3n) is 3.09. The van der Waals surface area contributed by atoms with Gasteiger partial charge in [-0.3, -0.25) is 4.79 Å². The highest BCUT2D eigenvalue weighted by molar-refractivity contribution is 5.83. The summed E-state index contributed by atoms with van der Waals surface area (Å²) >= 11 is 0. The number of ether oxygens (including phenoxy) is 1. The van der Waals surface area contributed by atoms with Crippen molar-refractivity contribution in [3.63, 3.8) is 0 Å². The number of aliphatic hydroxyl groups is 1. The maximum atomic E-state index is 12.2. The third-order valence-corrected chi connectivity index (χ3v) is 3.09. The fraction of sp³-hybridized carbons (Fsp3) is 0.500. The van der Waals surface area contributed by atoms with Gasteiger partial charge in [-0.2, -0.15) is 0 Å². The first-order chi connectivity index (χ1) is 8.53. The second-order valence-electron chi connectivity index (χ2n) is 5.23. The average Bonchev–Trinajstić information content (AvgIpc) is 2.37. The van der Waals surface area contributed by atoms with E-state index >= 15 is 0 Å². The number of aliphatic hydroxyl groups excluding tert-OH is 1.